The van der Waals surface area contributed by atoms with Gasteiger partial charge < -0.3 is 19.9 Å². The average Bonchev–Trinajstić information content (AvgIpc) is 2.46. The van der Waals surface area contributed by atoms with Gasteiger partial charge in [0.2, 0.25) is 0 Å². The van der Waals surface area contributed by atoms with Crippen molar-refractivity contribution in [1.82, 2.24) is 5.32 Å². The lowest BCUT2D eigenvalue weighted by Gasteiger charge is -2.17. The predicted octanol–water partition coefficient (Wildman–Crippen LogP) is 2.53. The smallest absolute Gasteiger partial charge is 0.161 e. The third-order valence-electron chi connectivity index (χ3n) is 3.23. The van der Waals surface area contributed by atoms with Crippen LogP contribution in [0.1, 0.15) is 19.4 Å². The fourth-order valence-corrected chi connectivity index (χ4v) is 2.44. The molecule has 5 heteroatoms. The van der Waals surface area contributed by atoms with Crippen molar-refractivity contribution in [2.24, 2.45) is 5.92 Å². The number of benzene rings is 1. The molecule has 0 heterocycles. The summed E-state index contributed by atoms with van der Waals surface area (Å²) in [6.07, 6.45) is 1.71. The van der Waals surface area contributed by atoms with Crippen LogP contribution in [0.2, 0.25) is 0 Å². The van der Waals surface area contributed by atoms with Crippen LogP contribution in [-0.2, 0) is 6.54 Å². The quantitative estimate of drug-likeness (QED) is 0.723. The molecule has 0 saturated heterocycles. The zero-order chi connectivity index (χ0) is 15.1. The van der Waals surface area contributed by atoms with E-state index in [1.807, 2.05) is 32.2 Å². The molecule has 0 radical (unpaired) electrons. The van der Waals surface area contributed by atoms with Crippen LogP contribution in [0.15, 0.2) is 17.0 Å². The van der Waals surface area contributed by atoms with E-state index < -0.39 is 0 Å². The van der Waals surface area contributed by atoms with E-state index in [2.05, 4.69) is 5.32 Å². The molecule has 0 aliphatic rings. The van der Waals surface area contributed by atoms with Crippen LogP contribution in [0.4, 0.5) is 0 Å². The van der Waals surface area contributed by atoms with Crippen molar-refractivity contribution in [3.63, 3.8) is 0 Å². The van der Waals surface area contributed by atoms with Crippen LogP contribution in [-0.4, -0.2) is 38.2 Å². The number of aliphatic hydroxyl groups excluding tert-OH is 1. The van der Waals surface area contributed by atoms with Crippen molar-refractivity contribution < 1.29 is 14.6 Å². The lowest BCUT2D eigenvalue weighted by atomic mass is 10.1. The molecule has 1 atom stereocenters. The fourth-order valence-electron chi connectivity index (χ4n) is 1.82. The highest BCUT2D eigenvalue weighted by atomic mass is 32.2. The lowest BCUT2D eigenvalue weighted by molar-refractivity contribution is 0.123. The molecule has 4 nitrogen and oxygen atoms in total. The highest BCUT2D eigenvalue weighted by Crippen LogP contribution is 2.34. The molecule has 0 bridgehead atoms. The zero-order valence-electron chi connectivity index (χ0n) is 12.9. The van der Waals surface area contributed by atoms with E-state index in [-0.39, 0.29) is 12.0 Å². The van der Waals surface area contributed by atoms with Crippen LogP contribution in [0.3, 0.4) is 0 Å². The molecule has 0 spiro atoms. The van der Waals surface area contributed by atoms with Gasteiger partial charge in [0.05, 0.1) is 20.3 Å². The second-order valence-electron chi connectivity index (χ2n) is 4.96. The minimum Gasteiger partial charge on any atom is -0.493 e. The Hall–Kier alpha value is -0.910. The van der Waals surface area contributed by atoms with E-state index >= 15 is 0 Å². The van der Waals surface area contributed by atoms with Crippen molar-refractivity contribution in [3.8, 4) is 11.5 Å². The summed E-state index contributed by atoms with van der Waals surface area (Å²) in [7, 11) is 3.27. The summed E-state index contributed by atoms with van der Waals surface area (Å²) in [5.74, 6) is 1.72. The number of hydrogen-bond acceptors (Lipinski definition) is 5. The van der Waals surface area contributed by atoms with E-state index in [1.54, 1.807) is 26.0 Å². The molecule has 0 fully saturated rings. The maximum atomic E-state index is 9.80. The van der Waals surface area contributed by atoms with Gasteiger partial charge in [-0.15, -0.1) is 11.8 Å². The van der Waals surface area contributed by atoms with Gasteiger partial charge in [-0.3, -0.25) is 0 Å². The van der Waals surface area contributed by atoms with Crippen LogP contribution < -0.4 is 14.8 Å². The first-order chi connectivity index (χ1) is 9.53. The predicted molar refractivity (Wildman–Crippen MR) is 83.9 cm³/mol. The minimum atomic E-state index is -0.326. The second-order valence-corrected chi connectivity index (χ2v) is 5.81. The summed E-state index contributed by atoms with van der Waals surface area (Å²) in [4.78, 5) is 1.15. The molecule has 114 valence electrons. The molecule has 0 amide bonds. The minimum absolute atomic E-state index is 0.257. The van der Waals surface area contributed by atoms with Gasteiger partial charge in [0, 0.05) is 18.0 Å². The Morgan fingerprint density at radius 3 is 2.30 bits per heavy atom. The number of rotatable bonds is 8. The summed E-state index contributed by atoms with van der Waals surface area (Å²) in [6, 6.07) is 3.97. The Morgan fingerprint density at radius 1 is 1.20 bits per heavy atom. The summed E-state index contributed by atoms with van der Waals surface area (Å²) < 4.78 is 10.6. The molecule has 1 aromatic rings. The van der Waals surface area contributed by atoms with E-state index in [9.17, 15) is 5.11 Å². The number of ether oxygens (including phenoxy) is 2. The topological polar surface area (TPSA) is 50.7 Å². The summed E-state index contributed by atoms with van der Waals surface area (Å²) in [5.41, 5.74) is 1.14. The highest BCUT2D eigenvalue weighted by Gasteiger charge is 2.12. The molecule has 2 N–H and O–H groups in total. The van der Waals surface area contributed by atoms with Crippen LogP contribution in [0, 0.1) is 5.92 Å². The van der Waals surface area contributed by atoms with Crippen molar-refractivity contribution >= 4 is 11.8 Å². The van der Waals surface area contributed by atoms with Gasteiger partial charge in [-0.25, -0.2) is 0 Å². The first kappa shape index (κ1) is 17.1. The number of nitrogens with one attached hydrogen (secondary N) is 1. The van der Waals surface area contributed by atoms with Crippen molar-refractivity contribution in [3.05, 3.63) is 17.7 Å². The Morgan fingerprint density at radius 2 is 1.80 bits per heavy atom. The van der Waals surface area contributed by atoms with E-state index in [1.165, 1.54) is 0 Å². The molecule has 0 aliphatic heterocycles. The Labute approximate surface area is 125 Å². The first-order valence-corrected chi connectivity index (χ1v) is 7.93. The van der Waals surface area contributed by atoms with Crippen LogP contribution >= 0.6 is 11.8 Å². The molecule has 1 aromatic carbocycles. The lowest BCUT2D eigenvalue weighted by Crippen LogP contribution is -2.30. The Balaban J connectivity index is 2.78. The standard InChI is InChI=1S/C15H25NO3S/c1-10(2)12(17)9-16-8-11-6-13(18-3)14(19-4)7-15(11)20-5/h6-7,10,12,16-17H,8-9H2,1-5H3. The summed E-state index contributed by atoms with van der Waals surface area (Å²) in [6.45, 7) is 5.30. The molecule has 0 aromatic heterocycles. The van der Waals surface area contributed by atoms with E-state index in [4.69, 9.17) is 9.47 Å². The second kappa shape index (κ2) is 8.39. The number of aliphatic hydroxyl groups is 1. The van der Waals surface area contributed by atoms with Crippen molar-refractivity contribution in [2.75, 3.05) is 27.0 Å². The SMILES string of the molecule is COc1cc(CNCC(O)C(C)C)c(SC)cc1OC. The average molecular weight is 299 g/mol. The van der Waals surface area contributed by atoms with Gasteiger partial charge in [0.15, 0.2) is 11.5 Å². The first-order valence-electron chi connectivity index (χ1n) is 6.71. The van der Waals surface area contributed by atoms with E-state index in [0.29, 0.717) is 13.1 Å². The van der Waals surface area contributed by atoms with Crippen molar-refractivity contribution in [2.45, 2.75) is 31.4 Å². The molecule has 0 aliphatic carbocycles. The number of thioether (sulfide) groups is 1. The number of methoxy groups -OCH3 is 2. The molecule has 1 rings (SSSR count). The normalized spacial score (nSPS) is 12.6. The van der Waals surface area contributed by atoms with Gasteiger partial charge in [-0.05, 0) is 29.9 Å². The number of hydrogen-bond donors (Lipinski definition) is 2. The van der Waals surface area contributed by atoms with Gasteiger partial charge in [0.25, 0.3) is 0 Å². The zero-order valence-corrected chi connectivity index (χ0v) is 13.7. The van der Waals surface area contributed by atoms with Crippen LogP contribution in [0.5, 0.6) is 11.5 Å². The molecule has 0 saturated carbocycles. The molecule has 1 unspecified atom stereocenters. The highest BCUT2D eigenvalue weighted by molar-refractivity contribution is 7.98. The summed E-state index contributed by atoms with van der Waals surface area (Å²) in [5, 5.41) is 13.1. The third kappa shape index (κ3) is 4.58. The molecule has 20 heavy (non-hydrogen) atoms. The van der Waals surface area contributed by atoms with Gasteiger partial charge >= 0.3 is 0 Å². The maximum Gasteiger partial charge on any atom is 0.161 e. The van der Waals surface area contributed by atoms with Crippen LogP contribution in [0.25, 0.3) is 0 Å². The van der Waals surface area contributed by atoms with Gasteiger partial charge in [-0.1, -0.05) is 13.8 Å². The van der Waals surface area contributed by atoms with Crippen molar-refractivity contribution in [1.29, 1.82) is 0 Å². The van der Waals surface area contributed by atoms with Gasteiger partial charge in [-0.2, -0.15) is 0 Å². The molecular formula is C15H25NO3S. The van der Waals surface area contributed by atoms with Gasteiger partial charge in [0.1, 0.15) is 0 Å². The Kier molecular flexibility index (Phi) is 7.19. The largest absolute Gasteiger partial charge is 0.493 e. The monoisotopic (exact) mass is 299 g/mol. The third-order valence-corrected chi connectivity index (χ3v) is 4.04. The summed E-state index contributed by atoms with van der Waals surface area (Å²) >= 11 is 1.67. The molecular weight excluding hydrogens is 274 g/mol. The fraction of sp³-hybridized carbons (Fsp3) is 0.600. The maximum absolute atomic E-state index is 9.80. The van der Waals surface area contributed by atoms with E-state index in [0.717, 1.165) is 22.0 Å². The Bertz CT molecular complexity index is 424.